The summed E-state index contributed by atoms with van der Waals surface area (Å²) in [6, 6.07) is 30.8. The van der Waals surface area contributed by atoms with Gasteiger partial charge in [0.15, 0.2) is 0 Å². The van der Waals surface area contributed by atoms with E-state index in [1.165, 1.54) is 0 Å². The van der Waals surface area contributed by atoms with Gasteiger partial charge in [-0.2, -0.15) is 0 Å². The number of halogens is 1. The van der Waals surface area contributed by atoms with Crippen molar-refractivity contribution in [2.24, 2.45) is 0 Å². The normalized spacial score (nSPS) is 11.0. The van der Waals surface area contributed by atoms with E-state index in [1.807, 2.05) is 54.6 Å². The summed E-state index contributed by atoms with van der Waals surface area (Å²) >= 11 is 3.49. The molecule has 0 aliphatic rings. The van der Waals surface area contributed by atoms with Crippen molar-refractivity contribution in [1.82, 2.24) is 14.4 Å². The minimum atomic E-state index is 0.693. The minimum absolute atomic E-state index is 0.693. The van der Waals surface area contributed by atoms with Gasteiger partial charge in [0.2, 0.25) is 5.78 Å². The number of rotatable bonds is 3. The fourth-order valence-electron chi connectivity index (χ4n) is 3.38. The van der Waals surface area contributed by atoms with Gasteiger partial charge in [0.05, 0.1) is 17.1 Å². The number of benzene rings is 3. The highest BCUT2D eigenvalue weighted by Gasteiger charge is 2.17. The first-order valence-corrected chi connectivity index (χ1v) is 9.85. The summed E-state index contributed by atoms with van der Waals surface area (Å²) in [5.41, 5.74) is 6.16. The third kappa shape index (κ3) is 3.02. The molecule has 0 aliphatic carbocycles. The van der Waals surface area contributed by atoms with Crippen LogP contribution < -0.4 is 0 Å². The molecule has 3 aromatic carbocycles. The molecule has 4 heteroatoms. The van der Waals surface area contributed by atoms with Crippen LogP contribution in [0.2, 0.25) is 0 Å². The van der Waals surface area contributed by atoms with E-state index in [4.69, 9.17) is 9.97 Å². The Kier molecular flexibility index (Phi) is 4.26. The lowest BCUT2D eigenvalue weighted by atomic mass is 10.1. The first-order valence-electron chi connectivity index (χ1n) is 9.05. The van der Waals surface area contributed by atoms with Crippen molar-refractivity contribution in [2.45, 2.75) is 0 Å². The maximum Gasteiger partial charge on any atom is 0.235 e. The first-order chi connectivity index (χ1) is 13.8. The smallest absolute Gasteiger partial charge is 0.235 e. The van der Waals surface area contributed by atoms with Crippen LogP contribution in [0.15, 0.2) is 102 Å². The van der Waals surface area contributed by atoms with Crippen molar-refractivity contribution >= 4 is 21.7 Å². The van der Waals surface area contributed by atoms with Crippen molar-refractivity contribution in [1.29, 1.82) is 0 Å². The number of fused-ring (bicyclic) bond motifs is 1. The van der Waals surface area contributed by atoms with Crippen molar-refractivity contribution < 1.29 is 0 Å². The lowest BCUT2D eigenvalue weighted by Crippen LogP contribution is -1.93. The predicted octanol–water partition coefficient (Wildman–Crippen LogP) is 6.49. The molecule has 0 saturated heterocycles. The highest BCUT2D eigenvalue weighted by atomic mass is 79.9. The number of hydrogen-bond acceptors (Lipinski definition) is 2. The molecular formula is C24H16BrN3. The molecule has 0 radical (unpaired) electrons. The maximum absolute atomic E-state index is 4.91. The van der Waals surface area contributed by atoms with Crippen LogP contribution >= 0.6 is 15.9 Å². The summed E-state index contributed by atoms with van der Waals surface area (Å²) in [6.45, 7) is 0. The number of aromatic nitrogens is 3. The first kappa shape index (κ1) is 16.9. The zero-order valence-corrected chi connectivity index (χ0v) is 16.5. The molecule has 0 saturated carbocycles. The van der Waals surface area contributed by atoms with Gasteiger partial charge in [0.1, 0.15) is 0 Å². The molecule has 0 aliphatic heterocycles. The Morgan fingerprint density at radius 2 is 1.25 bits per heavy atom. The van der Waals surface area contributed by atoms with Gasteiger partial charge in [-0.25, -0.2) is 9.97 Å². The summed E-state index contributed by atoms with van der Waals surface area (Å²) in [5, 5.41) is 0. The van der Waals surface area contributed by atoms with Crippen molar-refractivity contribution in [3.05, 3.63) is 102 Å². The molecule has 0 unspecified atom stereocenters. The molecular weight excluding hydrogens is 410 g/mol. The van der Waals surface area contributed by atoms with Crippen LogP contribution in [-0.4, -0.2) is 14.4 Å². The topological polar surface area (TPSA) is 30.2 Å². The Hall–Kier alpha value is -3.24. The van der Waals surface area contributed by atoms with Gasteiger partial charge in [0.25, 0.3) is 0 Å². The molecule has 134 valence electrons. The second-order valence-corrected chi connectivity index (χ2v) is 7.45. The molecule has 2 heterocycles. The number of imidazole rings is 1. The Labute approximate surface area is 171 Å². The van der Waals surface area contributed by atoms with Crippen LogP contribution in [-0.2, 0) is 0 Å². The fraction of sp³-hybridized carbons (Fsp3) is 0. The molecule has 0 spiro atoms. The number of hydrogen-bond donors (Lipinski definition) is 0. The molecule has 28 heavy (non-hydrogen) atoms. The van der Waals surface area contributed by atoms with E-state index in [0.29, 0.717) is 5.78 Å². The van der Waals surface area contributed by atoms with Gasteiger partial charge in [-0.3, -0.25) is 4.40 Å². The van der Waals surface area contributed by atoms with Crippen LogP contribution in [0.25, 0.3) is 39.5 Å². The molecule has 5 rings (SSSR count). The van der Waals surface area contributed by atoms with E-state index >= 15 is 0 Å². The monoisotopic (exact) mass is 425 g/mol. The summed E-state index contributed by atoms with van der Waals surface area (Å²) in [6.07, 6.45) is 2.06. The van der Waals surface area contributed by atoms with Gasteiger partial charge in [-0.05, 0) is 18.2 Å². The van der Waals surface area contributed by atoms with Crippen LogP contribution in [0.1, 0.15) is 0 Å². The number of nitrogens with zero attached hydrogens (tertiary/aromatic N) is 3. The quantitative estimate of drug-likeness (QED) is 0.330. The van der Waals surface area contributed by atoms with E-state index < -0.39 is 0 Å². The summed E-state index contributed by atoms with van der Waals surface area (Å²) in [5.74, 6) is 0.693. The highest BCUT2D eigenvalue weighted by molar-refractivity contribution is 9.10. The second kappa shape index (κ2) is 7.06. The van der Waals surface area contributed by atoms with Gasteiger partial charge >= 0.3 is 0 Å². The summed E-state index contributed by atoms with van der Waals surface area (Å²) in [4.78, 5) is 9.75. The Morgan fingerprint density at radius 1 is 0.607 bits per heavy atom. The Bertz CT molecular complexity index is 1240. The zero-order valence-electron chi connectivity index (χ0n) is 15.0. The lowest BCUT2D eigenvalue weighted by Gasteiger charge is -2.06. The van der Waals surface area contributed by atoms with E-state index in [2.05, 4.69) is 62.9 Å². The molecule has 5 aromatic rings. The van der Waals surface area contributed by atoms with Crippen LogP contribution in [0.5, 0.6) is 0 Å². The van der Waals surface area contributed by atoms with Gasteiger partial charge in [-0.1, -0.05) is 88.7 Å². The molecule has 2 aromatic heterocycles. The Morgan fingerprint density at radius 3 is 1.93 bits per heavy atom. The molecule has 0 N–H and O–H groups in total. The third-order valence-corrected chi connectivity index (χ3v) is 5.26. The highest BCUT2D eigenvalue weighted by Crippen LogP contribution is 2.33. The SMILES string of the molecule is Brc1ccc(-c2ccn3c(-c4ccccc4)c(-c4ccccc4)nc3n2)cc1. The molecule has 0 bridgehead atoms. The summed E-state index contributed by atoms with van der Waals surface area (Å²) in [7, 11) is 0. The summed E-state index contributed by atoms with van der Waals surface area (Å²) < 4.78 is 3.12. The third-order valence-electron chi connectivity index (χ3n) is 4.73. The van der Waals surface area contributed by atoms with Crippen LogP contribution in [0, 0.1) is 0 Å². The van der Waals surface area contributed by atoms with E-state index in [0.717, 1.165) is 38.2 Å². The average Bonchev–Trinajstić information content (AvgIpc) is 3.14. The maximum atomic E-state index is 4.91. The van der Waals surface area contributed by atoms with E-state index in [1.54, 1.807) is 0 Å². The van der Waals surface area contributed by atoms with Gasteiger partial charge < -0.3 is 0 Å². The van der Waals surface area contributed by atoms with E-state index in [9.17, 15) is 0 Å². The van der Waals surface area contributed by atoms with Crippen LogP contribution in [0.3, 0.4) is 0 Å². The second-order valence-electron chi connectivity index (χ2n) is 6.53. The van der Waals surface area contributed by atoms with Crippen LogP contribution in [0.4, 0.5) is 0 Å². The standard InChI is InChI=1S/C24H16BrN3/c25-20-13-11-17(12-14-20)21-15-16-28-23(19-9-5-2-6-10-19)22(27-24(28)26-21)18-7-3-1-4-8-18/h1-16H. The largest absolute Gasteiger partial charge is 0.283 e. The van der Waals surface area contributed by atoms with Gasteiger partial charge in [0, 0.05) is 27.4 Å². The molecule has 0 atom stereocenters. The Balaban J connectivity index is 1.75. The molecule has 0 fully saturated rings. The van der Waals surface area contributed by atoms with Crippen molar-refractivity contribution in [3.8, 4) is 33.8 Å². The fourth-order valence-corrected chi connectivity index (χ4v) is 3.65. The lowest BCUT2D eigenvalue weighted by molar-refractivity contribution is 1.12. The van der Waals surface area contributed by atoms with Gasteiger partial charge in [-0.15, -0.1) is 0 Å². The average molecular weight is 426 g/mol. The minimum Gasteiger partial charge on any atom is -0.283 e. The van der Waals surface area contributed by atoms with Crippen molar-refractivity contribution in [3.63, 3.8) is 0 Å². The predicted molar refractivity (Wildman–Crippen MR) is 117 cm³/mol. The molecule has 3 nitrogen and oxygen atoms in total. The molecule has 0 amide bonds. The zero-order chi connectivity index (χ0) is 18.9. The van der Waals surface area contributed by atoms with Crippen molar-refractivity contribution in [2.75, 3.05) is 0 Å². The van der Waals surface area contributed by atoms with E-state index in [-0.39, 0.29) is 0 Å².